The van der Waals surface area contributed by atoms with Crippen molar-refractivity contribution in [2.45, 2.75) is 6.04 Å². The van der Waals surface area contributed by atoms with E-state index in [2.05, 4.69) is 5.32 Å². The molecule has 20 heavy (non-hydrogen) atoms. The van der Waals surface area contributed by atoms with Crippen LogP contribution in [0.15, 0.2) is 60.7 Å². The minimum Gasteiger partial charge on any atom is -0.340 e. The number of nitrogens with one attached hydrogen (secondary N) is 2. The van der Waals surface area contributed by atoms with E-state index in [-0.39, 0.29) is 11.9 Å². The summed E-state index contributed by atoms with van der Waals surface area (Å²) in [6.45, 7) is 0.468. The Bertz CT molecular complexity index is 498. The summed E-state index contributed by atoms with van der Waals surface area (Å²) >= 11 is 0. The molecule has 0 saturated heterocycles. The van der Waals surface area contributed by atoms with Gasteiger partial charge in [0.15, 0.2) is 6.54 Å². The number of quaternary nitrogens is 1. The number of carbonyl (C=O) groups excluding carboxylic acids is 1. The van der Waals surface area contributed by atoms with Gasteiger partial charge in [-0.25, -0.2) is 0 Å². The maximum Gasteiger partial charge on any atom is 0.275 e. The van der Waals surface area contributed by atoms with Crippen molar-refractivity contribution in [3.8, 4) is 0 Å². The molecule has 0 aliphatic rings. The first-order valence-corrected chi connectivity index (χ1v) is 6.85. The number of rotatable bonds is 5. The Morgan fingerprint density at radius 3 is 1.80 bits per heavy atom. The molecule has 0 unspecified atom stereocenters. The summed E-state index contributed by atoms with van der Waals surface area (Å²) < 4.78 is 0. The van der Waals surface area contributed by atoms with Crippen LogP contribution in [-0.2, 0) is 4.79 Å². The third-order valence-corrected chi connectivity index (χ3v) is 3.09. The molecule has 0 aromatic heterocycles. The highest BCUT2D eigenvalue weighted by atomic mass is 16.2. The molecule has 0 spiro atoms. The maximum atomic E-state index is 12.1. The summed E-state index contributed by atoms with van der Waals surface area (Å²) in [5, 5.41) is 3.12. The molecule has 0 bridgehead atoms. The minimum atomic E-state index is -0.0933. The fourth-order valence-corrected chi connectivity index (χ4v) is 2.18. The van der Waals surface area contributed by atoms with Crippen LogP contribution in [0.4, 0.5) is 0 Å². The molecule has 2 rings (SSSR count). The van der Waals surface area contributed by atoms with E-state index in [4.69, 9.17) is 0 Å². The van der Waals surface area contributed by atoms with E-state index in [9.17, 15) is 4.79 Å². The second kappa shape index (κ2) is 6.87. The summed E-state index contributed by atoms with van der Waals surface area (Å²) in [7, 11) is 3.94. The van der Waals surface area contributed by atoms with Gasteiger partial charge >= 0.3 is 0 Å². The van der Waals surface area contributed by atoms with Gasteiger partial charge in [-0.2, -0.15) is 0 Å². The highest BCUT2D eigenvalue weighted by Gasteiger charge is 2.17. The largest absolute Gasteiger partial charge is 0.340 e. The Morgan fingerprint density at radius 2 is 1.40 bits per heavy atom. The van der Waals surface area contributed by atoms with Crippen LogP contribution in [0.3, 0.4) is 0 Å². The van der Waals surface area contributed by atoms with Crippen LogP contribution in [0.1, 0.15) is 17.2 Å². The molecule has 0 aliphatic carbocycles. The molecule has 0 heterocycles. The molecule has 3 nitrogen and oxygen atoms in total. The number of benzene rings is 2. The van der Waals surface area contributed by atoms with E-state index >= 15 is 0 Å². The van der Waals surface area contributed by atoms with Crippen molar-refractivity contribution in [1.29, 1.82) is 0 Å². The maximum absolute atomic E-state index is 12.1. The SMILES string of the molecule is C[NH+](C)CC(=O)NC(c1ccccc1)c1ccccc1. The predicted molar refractivity (Wildman–Crippen MR) is 80.5 cm³/mol. The van der Waals surface area contributed by atoms with Gasteiger partial charge in [-0.05, 0) is 11.1 Å². The van der Waals surface area contributed by atoms with Gasteiger partial charge in [-0.3, -0.25) is 4.79 Å². The Balaban J connectivity index is 2.24. The molecule has 3 heteroatoms. The van der Waals surface area contributed by atoms with Gasteiger partial charge in [0.25, 0.3) is 5.91 Å². The van der Waals surface area contributed by atoms with Gasteiger partial charge in [-0.1, -0.05) is 60.7 Å². The lowest BCUT2D eigenvalue weighted by Crippen LogP contribution is -3.07. The Labute approximate surface area is 120 Å². The highest BCUT2D eigenvalue weighted by Crippen LogP contribution is 2.21. The monoisotopic (exact) mass is 269 g/mol. The van der Waals surface area contributed by atoms with E-state index in [1.807, 2.05) is 74.8 Å². The molecule has 2 aromatic carbocycles. The van der Waals surface area contributed by atoms with Gasteiger partial charge in [0.05, 0.1) is 20.1 Å². The second-order valence-corrected chi connectivity index (χ2v) is 5.21. The van der Waals surface area contributed by atoms with Crippen LogP contribution in [0.5, 0.6) is 0 Å². The molecule has 0 radical (unpaired) electrons. The smallest absolute Gasteiger partial charge is 0.275 e. The van der Waals surface area contributed by atoms with Gasteiger partial charge in [0.1, 0.15) is 0 Å². The van der Waals surface area contributed by atoms with Crippen molar-refractivity contribution in [2.75, 3.05) is 20.6 Å². The lowest BCUT2D eigenvalue weighted by atomic mass is 9.99. The van der Waals surface area contributed by atoms with Crippen LogP contribution in [-0.4, -0.2) is 26.5 Å². The standard InChI is InChI=1S/C17H20N2O/c1-19(2)13-16(20)18-17(14-9-5-3-6-10-14)15-11-7-4-8-12-15/h3-12,17H,13H2,1-2H3,(H,18,20)/p+1. The zero-order chi connectivity index (χ0) is 14.4. The highest BCUT2D eigenvalue weighted by molar-refractivity contribution is 5.77. The van der Waals surface area contributed by atoms with Gasteiger partial charge in [0.2, 0.25) is 0 Å². The van der Waals surface area contributed by atoms with Crippen molar-refractivity contribution >= 4 is 5.91 Å². The van der Waals surface area contributed by atoms with Crippen LogP contribution in [0, 0.1) is 0 Å². The molecule has 0 aliphatic heterocycles. The van der Waals surface area contributed by atoms with Crippen LogP contribution in [0.25, 0.3) is 0 Å². The number of hydrogen-bond acceptors (Lipinski definition) is 1. The van der Waals surface area contributed by atoms with E-state index in [1.54, 1.807) is 0 Å². The predicted octanol–water partition coefficient (Wildman–Crippen LogP) is 1.04. The van der Waals surface area contributed by atoms with E-state index < -0.39 is 0 Å². The normalized spacial score (nSPS) is 10.8. The zero-order valence-corrected chi connectivity index (χ0v) is 12.0. The van der Waals surface area contributed by atoms with E-state index in [1.165, 1.54) is 0 Å². The molecule has 2 N–H and O–H groups in total. The Hall–Kier alpha value is -2.13. The van der Waals surface area contributed by atoms with Gasteiger partial charge in [-0.15, -0.1) is 0 Å². The van der Waals surface area contributed by atoms with Crippen LogP contribution >= 0.6 is 0 Å². The molecule has 2 aromatic rings. The zero-order valence-electron chi connectivity index (χ0n) is 12.0. The molecule has 0 saturated carbocycles. The van der Waals surface area contributed by atoms with Gasteiger partial charge < -0.3 is 10.2 Å². The Kier molecular flexibility index (Phi) is 4.91. The quantitative estimate of drug-likeness (QED) is 0.835. The number of carbonyl (C=O) groups is 1. The molecule has 1 amide bonds. The van der Waals surface area contributed by atoms with Crippen LogP contribution in [0.2, 0.25) is 0 Å². The Morgan fingerprint density at radius 1 is 0.950 bits per heavy atom. The van der Waals surface area contributed by atoms with Crippen molar-refractivity contribution in [1.82, 2.24) is 5.32 Å². The molecular formula is C17H21N2O+. The third kappa shape index (κ3) is 3.93. The summed E-state index contributed by atoms with van der Waals surface area (Å²) in [5.74, 6) is 0.0581. The first kappa shape index (κ1) is 14.3. The lowest BCUT2D eigenvalue weighted by Gasteiger charge is -2.20. The van der Waals surface area contributed by atoms with Crippen molar-refractivity contribution in [2.24, 2.45) is 0 Å². The molecule has 0 atom stereocenters. The summed E-state index contributed by atoms with van der Waals surface area (Å²) in [6, 6.07) is 20.0. The van der Waals surface area contributed by atoms with Crippen molar-refractivity contribution in [3.63, 3.8) is 0 Å². The van der Waals surface area contributed by atoms with Gasteiger partial charge in [0, 0.05) is 0 Å². The molecule has 0 fully saturated rings. The summed E-state index contributed by atoms with van der Waals surface area (Å²) in [5.41, 5.74) is 2.20. The summed E-state index contributed by atoms with van der Waals surface area (Å²) in [4.78, 5) is 13.2. The third-order valence-electron chi connectivity index (χ3n) is 3.09. The number of likely N-dealkylation sites (N-methyl/N-ethyl adjacent to an activating group) is 1. The van der Waals surface area contributed by atoms with Crippen molar-refractivity contribution in [3.05, 3.63) is 71.8 Å². The second-order valence-electron chi connectivity index (χ2n) is 5.21. The van der Waals surface area contributed by atoms with E-state index in [0.717, 1.165) is 16.0 Å². The number of hydrogen-bond donors (Lipinski definition) is 2. The number of amides is 1. The average Bonchev–Trinajstić information content (AvgIpc) is 2.46. The first-order valence-electron chi connectivity index (χ1n) is 6.85. The van der Waals surface area contributed by atoms with Crippen LogP contribution < -0.4 is 10.2 Å². The van der Waals surface area contributed by atoms with E-state index in [0.29, 0.717) is 6.54 Å². The molecular weight excluding hydrogens is 248 g/mol. The fourth-order valence-electron chi connectivity index (χ4n) is 2.18. The average molecular weight is 269 g/mol. The topological polar surface area (TPSA) is 33.5 Å². The van der Waals surface area contributed by atoms with Crippen molar-refractivity contribution < 1.29 is 9.69 Å². The molecule has 104 valence electrons. The first-order chi connectivity index (χ1) is 9.66. The lowest BCUT2D eigenvalue weighted by molar-refractivity contribution is -0.849. The fraction of sp³-hybridized carbons (Fsp3) is 0.235. The summed E-state index contributed by atoms with van der Waals surface area (Å²) in [6.07, 6.45) is 0. The minimum absolute atomic E-state index is 0.0581.